The summed E-state index contributed by atoms with van der Waals surface area (Å²) in [6, 6.07) is -0.0165. The van der Waals surface area contributed by atoms with Crippen molar-refractivity contribution in [2.24, 2.45) is 5.92 Å². The third-order valence-electron chi connectivity index (χ3n) is 4.51. The van der Waals surface area contributed by atoms with E-state index in [0.29, 0.717) is 25.2 Å². The Kier molecular flexibility index (Phi) is 7.52. The summed E-state index contributed by atoms with van der Waals surface area (Å²) in [6.45, 7) is 0. The molecule has 5 nitrogen and oxygen atoms in total. The minimum absolute atomic E-state index is 0.00389. The highest BCUT2D eigenvalue weighted by atomic mass is 32.1. The van der Waals surface area contributed by atoms with Gasteiger partial charge in [0.2, 0.25) is 5.91 Å². The van der Waals surface area contributed by atoms with Gasteiger partial charge in [0.25, 0.3) is 0 Å². The summed E-state index contributed by atoms with van der Waals surface area (Å²) in [6.07, 6.45) is 8.84. The lowest BCUT2D eigenvalue weighted by Crippen LogP contribution is -2.37. The molecule has 0 aliphatic heterocycles. The number of carboxylic acids is 1. The number of carbonyl (C=O) groups is 2. The summed E-state index contributed by atoms with van der Waals surface area (Å²) in [5, 5.41) is 13.9. The first-order chi connectivity index (χ1) is 11.1. The van der Waals surface area contributed by atoms with Gasteiger partial charge >= 0.3 is 5.97 Å². The van der Waals surface area contributed by atoms with Crippen LogP contribution in [0.3, 0.4) is 0 Å². The molecule has 1 atom stereocenters. The fourth-order valence-corrected chi connectivity index (χ4v) is 3.87. The number of carboxylic acid groups (broad SMARTS) is 1. The molecular formula is C17H26N2O3S. The molecule has 2 N–H and O–H groups in total. The fraction of sp³-hybridized carbons (Fsp3) is 0.706. The van der Waals surface area contributed by atoms with E-state index in [4.69, 9.17) is 5.11 Å². The van der Waals surface area contributed by atoms with Crippen molar-refractivity contribution in [1.29, 1.82) is 0 Å². The molecule has 23 heavy (non-hydrogen) atoms. The van der Waals surface area contributed by atoms with Crippen molar-refractivity contribution < 1.29 is 14.7 Å². The number of nitrogens with zero attached hydrogens (tertiary/aromatic N) is 1. The second kappa shape index (κ2) is 9.65. The highest BCUT2D eigenvalue weighted by Crippen LogP contribution is 2.28. The molecule has 1 fully saturated rings. The molecule has 1 aliphatic carbocycles. The number of rotatable bonds is 9. The Morgan fingerprint density at radius 2 is 2.09 bits per heavy atom. The van der Waals surface area contributed by atoms with Gasteiger partial charge in [-0.15, -0.1) is 11.3 Å². The van der Waals surface area contributed by atoms with Crippen molar-refractivity contribution >= 4 is 23.2 Å². The molecule has 1 aromatic rings. The molecule has 1 saturated carbocycles. The van der Waals surface area contributed by atoms with Gasteiger partial charge in [-0.1, -0.05) is 32.1 Å². The van der Waals surface area contributed by atoms with Crippen LogP contribution in [0, 0.1) is 5.92 Å². The highest BCUT2D eigenvalue weighted by molar-refractivity contribution is 7.07. The van der Waals surface area contributed by atoms with E-state index in [1.807, 2.05) is 5.38 Å². The second-order valence-corrected chi connectivity index (χ2v) is 7.14. The van der Waals surface area contributed by atoms with E-state index in [2.05, 4.69) is 10.3 Å². The van der Waals surface area contributed by atoms with Crippen LogP contribution in [0.15, 0.2) is 10.9 Å². The summed E-state index contributed by atoms with van der Waals surface area (Å²) >= 11 is 1.53. The van der Waals surface area contributed by atoms with Gasteiger partial charge in [0.05, 0.1) is 11.2 Å². The van der Waals surface area contributed by atoms with Crippen LogP contribution in [-0.4, -0.2) is 28.0 Å². The Hall–Kier alpha value is -1.43. The fourth-order valence-electron chi connectivity index (χ4n) is 3.27. The van der Waals surface area contributed by atoms with E-state index >= 15 is 0 Å². The zero-order valence-corrected chi connectivity index (χ0v) is 14.3. The van der Waals surface area contributed by atoms with Crippen LogP contribution >= 0.6 is 11.3 Å². The van der Waals surface area contributed by atoms with Crippen molar-refractivity contribution in [3.05, 3.63) is 16.6 Å². The maximum absolute atomic E-state index is 12.2. The molecule has 6 heteroatoms. The number of hydrogen-bond donors (Lipinski definition) is 2. The van der Waals surface area contributed by atoms with E-state index in [1.165, 1.54) is 43.4 Å². The molecule has 0 aromatic carbocycles. The van der Waals surface area contributed by atoms with Gasteiger partial charge in [-0.3, -0.25) is 9.59 Å². The number of amides is 1. The van der Waals surface area contributed by atoms with Crippen molar-refractivity contribution in [3.8, 4) is 0 Å². The zero-order chi connectivity index (χ0) is 16.5. The van der Waals surface area contributed by atoms with Crippen LogP contribution < -0.4 is 5.32 Å². The summed E-state index contributed by atoms with van der Waals surface area (Å²) in [5.74, 6) is -0.166. The number of aliphatic carboxylic acids is 1. The van der Waals surface area contributed by atoms with Gasteiger partial charge in [-0.25, -0.2) is 4.98 Å². The van der Waals surface area contributed by atoms with E-state index < -0.39 is 5.97 Å². The van der Waals surface area contributed by atoms with Gasteiger partial charge in [-0.05, 0) is 25.2 Å². The molecule has 1 amide bonds. The number of carbonyl (C=O) groups excluding carboxylic acids is 1. The first kappa shape index (κ1) is 17.9. The number of aromatic nitrogens is 1. The third kappa shape index (κ3) is 7.12. The summed E-state index contributed by atoms with van der Waals surface area (Å²) in [4.78, 5) is 27.2. The van der Waals surface area contributed by atoms with Crippen LogP contribution in [0.5, 0.6) is 0 Å². The van der Waals surface area contributed by atoms with Crippen LogP contribution in [0.25, 0.3) is 0 Å². The van der Waals surface area contributed by atoms with E-state index in [9.17, 15) is 9.59 Å². The lowest BCUT2D eigenvalue weighted by molar-refractivity contribution is -0.137. The first-order valence-electron chi connectivity index (χ1n) is 8.51. The Balaban J connectivity index is 1.79. The third-order valence-corrected chi connectivity index (χ3v) is 5.14. The summed E-state index contributed by atoms with van der Waals surface area (Å²) in [5.41, 5.74) is 2.71. The molecule has 1 aliphatic rings. The number of hydrogen-bond acceptors (Lipinski definition) is 4. The van der Waals surface area contributed by atoms with Crippen molar-refractivity contribution in [2.45, 2.75) is 70.3 Å². The smallest absolute Gasteiger partial charge is 0.303 e. The monoisotopic (exact) mass is 338 g/mol. The topological polar surface area (TPSA) is 79.3 Å². The van der Waals surface area contributed by atoms with Crippen LogP contribution in [0.4, 0.5) is 0 Å². The molecular weight excluding hydrogens is 312 g/mol. The quantitative estimate of drug-likeness (QED) is 0.723. The van der Waals surface area contributed by atoms with Gasteiger partial charge in [0.15, 0.2) is 0 Å². The Bertz CT molecular complexity index is 484. The second-order valence-electron chi connectivity index (χ2n) is 6.42. The largest absolute Gasteiger partial charge is 0.481 e. The number of aryl methyl sites for hydroxylation is 1. The van der Waals surface area contributed by atoms with Crippen LogP contribution in [0.1, 0.15) is 63.5 Å². The molecule has 1 aromatic heterocycles. The van der Waals surface area contributed by atoms with Gasteiger partial charge in [-0.2, -0.15) is 0 Å². The highest BCUT2D eigenvalue weighted by Gasteiger charge is 2.21. The van der Waals surface area contributed by atoms with Gasteiger partial charge in [0, 0.05) is 24.3 Å². The SMILES string of the molecule is O=C(O)CCC(CC1CCCCC1)NC(=O)CCc1cscn1. The van der Waals surface area contributed by atoms with Crippen molar-refractivity contribution in [1.82, 2.24) is 10.3 Å². The molecule has 0 radical (unpaired) electrons. The minimum Gasteiger partial charge on any atom is -0.481 e. The molecule has 1 heterocycles. The zero-order valence-electron chi connectivity index (χ0n) is 13.5. The van der Waals surface area contributed by atoms with Gasteiger partial charge < -0.3 is 10.4 Å². The minimum atomic E-state index is -0.796. The Morgan fingerprint density at radius 1 is 1.30 bits per heavy atom. The molecule has 0 saturated heterocycles. The summed E-state index contributed by atoms with van der Waals surface area (Å²) in [7, 11) is 0. The predicted molar refractivity (Wildman–Crippen MR) is 90.4 cm³/mol. The lowest BCUT2D eigenvalue weighted by atomic mass is 9.84. The number of nitrogens with one attached hydrogen (secondary N) is 1. The first-order valence-corrected chi connectivity index (χ1v) is 9.46. The predicted octanol–water partition coefficient (Wildman–Crippen LogP) is 3.40. The normalized spacial score (nSPS) is 16.9. The average Bonchev–Trinajstić information content (AvgIpc) is 3.05. The van der Waals surface area contributed by atoms with Crippen LogP contribution in [0.2, 0.25) is 0 Å². The molecule has 0 spiro atoms. The average molecular weight is 338 g/mol. The molecule has 128 valence electrons. The molecule has 1 unspecified atom stereocenters. The van der Waals surface area contributed by atoms with Crippen molar-refractivity contribution in [2.75, 3.05) is 0 Å². The Morgan fingerprint density at radius 3 is 2.74 bits per heavy atom. The van der Waals surface area contributed by atoms with E-state index in [0.717, 1.165) is 12.1 Å². The van der Waals surface area contributed by atoms with Gasteiger partial charge in [0.1, 0.15) is 0 Å². The van der Waals surface area contributed by atoms with Crippen LogP contribution in [-0.2, 0) is 16.0 Å². The molecule has 2 rings (SSSR count). The number of thiazole rings is 1. The van der Waals surface area contributed by atoms with Crippen molar-refractivity contribution in [3.63, 3.8) is 0 Å². The van der Waals surface area contributed by atoms with E-state index in [-0.39, 0.29) is 18.4 Å². The summed E-state index contributed by atoms with van der Waals surface area (Å²) < 4.78 is 0. The maximum Gasteiger partial charge on any atom is 0.303 e. The molecule has 0 bridgehead atoms. The maximum atomic E-state index is 12.2. The Labute approximate surface area is 141 Å². The standard InChI is InChI=1S/C17H26N2O3S/c20-16(8-6-15-11-23-12-18-15)19-14(7-9-17(21)22)10-13-4-2-1-3-5-13/h11-14H,1-10H2,(H,19,20)(H,21,22). The van der Waals surface area contributed by atoms with E-state index in [1.54, 1.807) is 5.51 Å². The lowest BCUT2D eigenvalue weighted by Gasteiger charge is -2.27.